The van der Waals surface area contributed by atoms with Gasteiger partial charge in [-0.15, -0.1) is 0 Å². The van der Waals surface area contributed by atoms with Crippen molar-refractivity contribution in [3.63, 3.8) is 0 Å². The van der Waals surface area contributed by atoms with Gasteiger partial charge in [-0.05, 0) is 24.1 Å². The van der Waals surface area contributed by atoms with Crippen molar-refractivity contribution in [2.24, 2.45) is 0 Å². The van der Waals surface area contributed by atoms with Gasteiger partial charge in [-0.1, -0.05) is 28.9 Å². The molecular weight excluding hydrogens is 232 g/mol. The summed E-state index contributed by atoms with van der Waals surface area (Å²) in [5, 5.41) is 0. The lowest BCUT2D eigenvalue weighted by molar-refractivity contribution is 0.0599. The number of halogens is 1. The highest BCUT2D eigenvalue weighted by Gasteiger charge is 2.11. The van der Waals surface area contributed by atoms with Crippen molar-refractivity contribution < 1.29 is 9.53 Å². The van der Waals surface area contributed by atoms with E-state index in [1.54, 1.807) is 6.07 Å². The van der Waals surface area contributed by atoms with Crippen molar-refractivity contribution in [3.8, 4) is 0 Å². The maximum atomic E-state index is 11.3. The Hall–Kier alpha value is -0.830. The van der Waals surface area contributed by atoms with Crippen molar-refractivity contribution in [1.82, 2.24) is 0 Å². The molecule has 0 bridgehead atoms. The second-order valence-corrected chi connectivity index (χ2v) is 3.47. The second kappa shape index (κ2) is 4.42. The van der Waals surface area contributed by atoms with Gasteiger partial charge >= 0.3 is 5.97 Å². The summed E-state index contributed by atoms with van der Waals surface area (Å²) >= 11 is 3.40. The third-order valence-electron chi connectivity index (χ3n) is 1.88. The molecule has 0 heterocycles. The number of benzene rings is 1. The molecule has 70 valence electrons. The molecule has 2 nitrogen and oxygen atoms in total. The summed E-state index contributed by atoms with van der Waals surface area (Å²) in [5.41, 5.74) is 1.63. The number of hydrogen-bond acceptors (Lipinski definition) is 2. The van der Waals surface area contributed by atoms with E-state index >= 15 is 0 Å². The van der Waals surface area contributed by atoms with E-state index in [-0.39, 0.29) is 5.97 Å². The Bertz CT molecular complexity index is 321. The summed E-state index contributed by atoms with van der Waals surface area (Å²) in [6.07, 6.45) is 0.811. The number of ether oxygens (including phenoxy) is 1. The summed E-state index contributed by atoms with van der Waals surface area (Å²) < 4.78 is 5.63. The monoisotopic (exact) mass is 242 g/mol. The first kappa shape index (κ1) is 10.3. The van der Waals surface area contributed by atoms with Crippen molar-refractivity contribution in [2.75, 3.05) is 7.11 Å². The first-order valence-corrected chi connectivity index (χ1v) is 4.85. The molecule has 0 aromatic heterocycles. The number of rotatable bonds is 2. The van der Waals surface area contributed by atoms with Gasteiger partial charge in [-0.2, -0.15) is 0 Å². The molecule has 0 unspecified atom stereocenters. The topological polar surface area (TPSA) is 26.3 Å². The maximum Gasteiger partial charge on any atom is 0.338 e. The van der Waals surface area contributed by atoms with Crippen LogP contribution < -0.4 is 0 Å². The molecule has 1 aromatic rings. The second-order valence-electron chi connectivity index (χ2n) is 2.61. The Morgan fingerprint density at radius 1 is 1.54 bits per heavy atom. The Morgan fingerprint density at radius 2 is 2.23 bits per heavy atom. The van der Waals surface area contributed by atoms with E-state index in [2.05, 4.69) is 20.7 Å². The zero-order valence-corrected chi connectivity index (χ0v) is 9.22. The molecule has 0 aliphatic heterocycles. The SMILES string of the molecule is CCc1c(Br)cccc1C(=O)OC. The number of carbonyl (C=O) groups excluding carboxylic acids is 1. The summed E-state index contributed by atoms with van der Waals surface area (Å²) in [6.45, 7) is 2.01. The molecule has 0 saturated heterocycles. The third kappa shape index (κ3) is 2.10. The molecule has 0 aliphatic carbocycles. The average molecular weight is 243 g/mol. The zero-order chi connectivity index (χ0) is 9.84. The molecule has 3 heteroatoms. The minimum atomic E-state index is -0.279. The fraction of sp³-hybridized carbons (Fsp3) is 0.300. The lowest BCUT2D eigenvalue weighted by Crippen LogP contribution is -2.05. The van der Waals surface area contributed by atoms with Crippen LogP contribution >= 0.6 is 15.9 Å². The molecule has 0 radical (unpaired) electrons. The average Bonchev–Trinajstić information content (AvgIpc) is 2.16. The molecule has 0 aliphatic rings. The van der Waals surface area contributed by atoms with Crippen LogP contribution in [0.4, 0.5) is 0 Å². The Morgan fingerprint density at radius 3 is 2.77 bits per heavy atom. The Labute approximate surface area is 86.0 Å². The fourth-order valence-electron chi connectivity index (χ4n) is 1.22. The highest BCUT2D eigenvalue weighted by atomic mass is 79.9. The lowest BCUT2D eigenvalue weighted by Gasteiger charge is -2.07. The van der Waals surface area contributed by atoms with E-state index in [9.17, 15) is 4.79 Å². The molecule has 0 saturated carbocycles. The van der Waals surface area contributed by atoms with Crippen LogP contribution in [0.25, 0.3) is 0 Å². The summed E-state index contributed by atoms with van der Waals surface area (Å²) in [7, 11) is 1.39. The van der Waals surface area contributed by atoms with Crippen molar-refractivity contribution in [1.29, 1.82) is 0 Å². The van der Waals surface area contributed by atoms with Crippen LogP contribution in [0.3, 0.4) is 0 Å². The van der Waals surface area contributed by atoms with Crippen molar-refractivity contribution in [2.45, 2.75) is 13.3 Å². The van der Waals surface area contributed by atoms with Crippen LogP contribution in [0.15, 0.2) is 22.7 Å². The normalized spacial score (nSPS) is 9.77. The summed E-state index contributed by atoms with van der Waals surface area (Å²) in [4.78, 5) is 11.3. The third-order valence-corrected chi connectivity index (χ3v) is 2.62. The van der Waals surface area contributed by atoms with E-state index in [1.165, 1.54) is 7.11 Å². The smallest absolute Gasteiger partial charge is 0.338 e. The van der Waals surface area contributed by atoms with Gasteiger partial charge in [0, 0.05) is 4.47 Å². The lowest BCUT2D eigenvalue weighted by atomic mass is 10.1. The molecule has 0 fully saturated rings. The van der Waals surface area contributed by atoms with Crippen LogP contribution in [0.1, 0.15) is 22.8 Å². The first-order chi connectivity index (χ1) is 6.20. The predicted octanol–water partition coefficient (Wildman–Crippen LogP) is 2.80. The van der Waals surface area contributed by atoms with E-state index in [4.69, 9.17) is 0 Å². The van der Waals surface area contributed by atoms with E-state index < -0.39 is 0 Å². The van der Waals surface area contributed by atoms with Gasteiger partial charge in [-0.3, -0.25) is 0 Å². The van der Waals surface area contributed by atoms with Gasteiger partial charge in [-0.25, -0.2) is 4.79 Å². The zero-order valence-electron chi connectivity index (χ0n) is 7.63. The van der Waals surface area contributed by atoms with E-state index in [1.807, 2.05) is 19.1 Å². The van der Waals surface area contributed by atoms with Gasteiger partial charge in [0.25, 0.3) is 0 Å². The van der Waals surface area contributed by atoms with E-state index in [0.29, 0.717) is 5.56 Å². The number of methoxy groups -OCH3 is 1. The van der Waals surface area contributed by atoms with Gasteiger partial charge in [0.2, 0.25) is 0 Å². The Balaban J connectivity index is 3.20. The highest BCUT2D eigenvalue weighted by Crippen LogP contribution is 2.21. The van der Waals surface area contributed by atoms with Crippen molar-refractivity contribution >= 4 is 21.9 Å². The van der Waals surface area contributed by atoms with Gasteiger partial charge < -0.3 is 4.74 Å². The predicted molar refractivity (Wildman–Crippen MR) is 54.9 cm³/mol. The number of hydrogen-bond donors (Lipinski definition) is 0. The van der Waals surface area contributed by atoms with E-state index in [0.717, 1.165) is 16.5 Å². The van der Waals surface area contributed by atoms with Crippen LogP contribution in [-0.4, -0.2) is 13.1 Å². The first-order valence-electron chi connectivity index (χ1n) is 4.06. The van der Waals surface area contributed by atoms with Gasteiger partial charge in [0.1, 0.15) is 0 Å². The molecule has 0 atom stereocenters. The molecule has 0 spiro atoms. The van der Waals surface area contributed by atoms with Gasteiger partial charge in [0.05, 0.1) is 12.7 Å². The number of carbonyl (C=O) groups is 1. The maximum absolute atomic E-state index is 11.3. The minimum Gasteiger partial charge on any atom is -0.465 e. The highest BCUT2D eigenvalue weighted by molar-refractivity contribution is 9.10. The largest absolute Gasteiger partial charge is 0.465 e. The summed E-state index contributed by atoms with van der Waals surface area (Å²) in [5.74, 6) is -0.279. The van der Waals surface area contributed by atoms with Gasteiger partial charge in [0.15, 0.2) is 0 Å². The van der Waals surface area contributed by atoms with Crippen LogP contribution in [0.5, 0.6) is 0 Å². The van der Waals surface area contributed by atoms with Crippen LogP contribution in [0, 0.1) is 0 Å². The minimum absolute atomic E-state index is 0.279. The van der Waals surface area contributed by atoms with Crippen LogP contribution in [-0.2, 0) is 11.2 Å². The fourth-order valence-corrected chi connectivity index (χ4v) is 1.87. The molecule has 1 rings (SSSR count). The number of esters is 1. The summed E-state index contributed by atoms with van der Waals surface area (Å²) in [6, 6.07) is 5.52. The quantitative estimate of drug-likeness (QED) is 0.746. The Kier molecular flexibility index (Phi) is 3.48. The molecule has 0 amide bonds. The standard InChI is InChI=1S/C10H11BrO2/c1-3-7-8(10(12)13-2)5-4-6-9(7)11/h4-6H,3H2,1-2H3. The molecule has 0 N–H and O–H groups in total. The molecule has 1 aromatic carbocycles. The van der Waals surface area contributed by atoms with Crippen LogP contribution in [0.2, 0.25) is 0 Å². The molecular formula is C10H11BrO2. The van der Waals surface area contributed by atoms with Crippen molar-refractivity contribution in [3.05, 3.63) is 33.8 Å². The molecule has 13 heavy (non-hydrogen) atoms.